The highest BCUT2D eigenvalue weighted by atomic mass is 16.6. The maximum Gasteiger partial charge on any atom is 0.306 e. The Morgan fingerprint density at radius 1 is 0.273 bits per heavy atom. The van der Waals surface area contributed by atoms with E-state index in [1.165, 1.54) is 244 Å². The number of carbonyl (C=O) groups excluding carboxylic acids is 3. The molecule has 0 aromatic heterocycles. The van der Waals surface area contributed by atoms with Crippen LogP contribution in [0.3, 0.4) is 0 Å². The van der Waals surface area contributed by atoms with Gasteiger partial charge in [0.05, 0.1) is 0 Å². The monoisotopic (exact) mass is 1080 g/mol. The number of hydrogen-bond donors (Lipinski definition) is 0. The molecule has 0 bridgehead atoms. The van der Waals surface area contributed by atoms with Gasteiger partial charge in [-0.1, -0.05) is 320 Å². The molecule has 0 aliphatic carbocycles. The molecule has 450 valence electrons. The smallest absolute Gasteiger partial charge is 0.306 e. The molecule has 0 aliphatic heterocycles. The Labute approximate surface area is 479 Å². The first-order valence-corrected chi connectivity index (χ1v) is 34.1. The van der Waals surface area contributed by atoms with Crippen LogP contribution in [-0.2, 0) is 28.6 Å². The Kier molecular flexibility index (Phi) is 63.6. The average molecular weight is 1080 g/mol. The summed E-state index contributed by atoms with van der Waals surface area (Å²) in [6.07, 6.45) is 83.3. The second-order valence-electron chi connectivity index (χ2n) is 23.1. The third-order valence-corrected chi connectivity index (χ3v) is 15.3. The van der Waals surface area contributed by atoms with E-state index in [-0.39, 0.29) is 31.1 Å². The lowest BCUT2D eigenvalue weighted by Crippen LogP contribution is -2.30. The summed E-state index contributed by atoms with van der Waals surface area (Å²) in [6.45, 7) is 6.53. The maximum atomic E-state index is 12.8. The van der Waals surface area contributed by atoms with Crippen LogP contribution in [0.4, 0.5) is 0 Å². The van der Waals surface area contributed by atoms with Gasteiger partial charge in [-0.25, -0.2) is 0 Å². The van der Waals surface area contributed by atoms with Crippen molar-refractivity contribution in [2.75, 3.05) is 13.2 Å². The average Bonchev–Trinajstić information content (AvgIpc) is 3.43. The van der Waals surface area contributed by atoms with Crippen molar-refractivity contribution in [3.8, 4) is 0 Å². The molecule has 0 fully saturated rings. The predicted molar refractivity (Wildman–Crippen MR) is 335 cm³/mol. The first-order valence-electron chi connectivity index (χ1n) is 34.1. The second kappa shape index (κ2) is 65.9. The third kappa shape index (κ3) is 64.1. The molecule has 1 unspecified atom stereocenters. The number of esters is 3. The highest BCUT2D eigenvalue weighted by Gasteiger charge is 2.19. The number of carbonyl (C=O) groups is 3. The Morgan fingerprint density at radius 3 is 0.805 bits per heavy atom. The molecule has 1 atom stereocenters. The van der Waals surface area contributed by atoms with E-state index < -0.39 is 6.10 Å². The van der Waals surface area contributed by atoms with E-state index >= 15 is 0 Å². The van der Waals surface area contributed by atoms with Crippen LogP contribution in [0.5, 0.6) is 0 Å². The summed E-state index contributed by atoms with van der Waals surface area (Å²) in [7, 11) is 0. The van der Waals surface area contributed by atoms with Gasteiger partial charge in [-0.15, -0.1) is 0 Å². The zero-order valence-corrected chi connectivity index (χ0v) is 51.7. The lowest BCUT2D eigenvalue weighted by Gasteiger charge is -2.18. The van der Waals surface area contributed by atoms with Gasteiger partial charge in [0.2, 0.25) is 0 Å². The number of unbranched alkanes of at least 4 members (excludes halogenated alkanes) is 44. The van der Waals surface area contributed by atoms with Crippen LogP contribution in [0, 0.1) is 0 Å². The molecule has 0 N–H and O–H groups in total. The lowest BCUT2D eigenvalue weighted by atomic mass is 10.0. The summed E-state index contributed by atoms with van der Waals surface area (Å²) in [5.41, 5.74) is 0. The van der Waals surface area contributed by atoms with Gasteiger partial charge in [0.15, 0.2) is 6.10 Å². The molecule has 0 rings (SSSR count). The minimum Gasteiger partial charge on any atom is -0.462 e. The molecule has 0 aromatic carbocycles. The van der Waals surface area contributed by atoms with E-state index in [0.29, 0.717) is 19.3 Å². The van der Waals surface area contributed by atoms with Crippen molar-refractivity contribution in [2.24, 2.45) is 0 Å². The van der Waals surface area contributed by atoms with Gasteiger partial charge in [0, 0.05) is 19.3 Å². The minimum atomic E-state index is -0.774. The number of hydrogen-bond acceptors (Lipinski definition) is 6. The number of allylic oxidation sites excluding steroid dienone is 8. The first kappa shape index (κ1) is 74.4. The van der Waals surface area contributed by atoms with Crippen LogP contribution in [0.15, 0.2) is 48.6 Å². The van der Waals surface area contributed by atoms with Gasteiger partial charge in [-0.05, 0) is 77.0 Å². The van der Waals surface area contributed by atoms with Crippen molar-refractivity contribution < 1.29 is 28.6 Å². The van der Waals surface area contributed by atoms with Gasteiger partial charge in [0.25, 0.3) is 0 Å². The molecule has 0 amide bonds. The van der Waals surface area contributed by atoms with Gasteiger partial charge < -0.3 is 14.2 Å². The maximum absolute atomic E-state index is 12.8. The molecule has 0 spiro atoms. The molecule has 6 nitrogen and oxygen atoms in total. The fraction of sp³-hybridized carbons (Fsp3) is 0.845. The predicted octanol–water partition coefficient (Wildman–Crippen LogP) is 23.3. The third-order valence-electron chi connectivity index (χ3n) is 15.3. The molecule has 0 radical (unpaired) electrons. The first-order chi connectivity index (χ1) is 38.0. The Morgan fingerprint density at radius 2 is 0.506 bits per heavy atom. The van der Waals surface area contributed by atoms with Crippen molar-refractivity contribution in [3.05, 3.63) is 48.6 Å². The standard InChI is InChI=1S/C71H130O6/c1-4-7-10-13-16-18-20-22-24-26-27-28-29-30-31-32-33-34-35-36-37-38-39-40-41-42-43-45-46-48-50-52-55-58-61-64-70(73)76-67-68(66-75-69(72)63-60-57-54-15-12-9-6-3)77-71(74)65-62-59-56-53-51-49-47-44-25-23-21-19-17-14-11-8-5-2/h8,11,17,19,23,25-27,68H,4-7,9-10,12-16,18,20-22,24,28-67H2,1-3H3/b11-8-,19-17-,25-23-,27-26-. The van der Waals surface area contributed by atoms with E-state index in [0.717, 1.165) is 83.5 Å². The Hall–Kier alpha value is -2.63. The summed E-state index contributed by atoms with van der Waals surface area (Å²) in [6, 6.07) is 0. The van der Waals surface area contributed by atoms with E-state index in [1.807, 2.05) is 0 Å². The quantitative estimate of drug-likeness (QED) is 0.0261. The van der Waals surface area contributed by atoms with Crippen LogP contribution < -0.4 is 0 Å². The molecule has 6 heteroatoms. The van der Waals surface area contributed by atoms with E-state index in [1.54, 1.807) is 0 Å². The summed E-state index contributed by atoms with van der Waals surface area (Å²) >= 11 is 0. The molecule has 0 aliphatic rings. The Balaban J connectivity index is 3.93. The van der Waals surface area contributed by atoms with Crippen molar-refractivity contribution in [1.29, 1.82) is 0 Å². The zero-order chi connectivity index (χ0) is 55.7. The molecule has 0 aromatic rings. The lowest BCUT2D eigenvalue weighted by molar-refractivity contribution is -0.167. The zero-order valence-electron chi connectivity index (χ0n) is 51.7. The summed E-state index contributed by atoms with van der Waals surface area (Å²) < 4.78 is 16.8. The van der Waals surface area contributed by atoms with E-state index in [4.69, 9.17) is 14.2 Å². The van der Waals surface area contributed by atoms with Crippen molar-refractivity contribution in [2.45, 2.75) is 374 Å². The summed E-state index contributed by atoms with van der Waals surface area (Å²) in [5, 5.41) is 0. The largest absolute Gasteiger partial charge is 0.462 e. The van der Waals surface area contributed by atoms with Gasteiger partial charge in [0.1, 0.15) is 13.2 Å². The molecule has 0 saturated heterocycles. The molecular weight excluding hydrogens is 949 g/mol. The molecular formula is C71H130O6. The second-order valence-corrected chi connectivity index (χ2v) is 23.1. The fourth-order valence-corrected chi connectivity index (χ4v) is 10.2. The van der Waals surface area contributed by atoms with Crippen LogP contribution in [-0.4, -0.2) is 37.2 Å². The van der Waals surface area contributed by atoms with Crippen LogP contribution in [0.2, 0.25) is 0 Å². The minimum absolute atomic E-state index is 0.0731. The number of ether oxygens (including phenoxy) is 3. The van der Waals surface area contributed by atoms with Crippen LogP contribution in [0.1, 0.15) is 367 Å². The van der Waals surface area contributed by atoms with Crippen LogP contribution >= 0.6 is 0 Å². The number of rotatable bonds is 63. The van der Waals surface area contributed by atoms with Crippen molar-refractivity contribution in [3.63, 3.8) is 0 Å². The van der Waals surface area contributed by atoms with Crippen LogP contribution in [0.25, 0.3) is 0 Å². The highest BCUT2D eigenvalue weighted by Crippen LogP contribution is 2.18. The fourth-order valence-electron chi connectivity index (χ4n) is 10.2. The molecule has 0 saturated carbocycles. The molecule has 0 heterocycles. The van der Waals surface area contributed by atoms with E-state index in [9.17, 15) is 14.4 Å². The van der Waals surface area contributed by atoms with E-state index in [2.05, 4.69) is 69.4 Å². The highest BCUT2D eigenvalue weighted by molar-refractivity contribution is 5.71. The summed E-state index contributed by atoms with van der Waals surface area (Å²) in [5.74, 6) is -0.871. The normalized spacial score (nSPS) is 12.3. The van der Waals surface area contributed by atoms with Crippen molar-refractivity contribution >= 4 is 17.9 Å². The Bertz CT molecular complexity index is 1330. The van der Waals surface area contributed by atoms with Gasteiger partial charge in [-0.2, -0.15) is 0 Å². The van der Waals surface area contributed by atoms with Gasteiger partial charge in [-0.3, -0.25) is 14.4 Å². The SMILES string of the molecule is CC/C=C\C/C=C\C/C=C\CCCCCCCCCC(=O)OC(COC(=O)CCCCCCCCC)COC(=O)CCCCCCCCCCCCCCCCCCCCCCCCC/C=C\CCCCCCCCCC. The summed E-state index contributed by atoms with van der Waals surface area (Å²) in [4.78, 5) is 38.1. The van der Waals surface area contributed by atoms with Crippen molar-refractivity contribution in [1.82, 2.24) is 0 Å². The van der Waals surface area contributed by atoms with Gasteiger partial charge >= 0.3 is 17.9 Å². The topological polar surface area (TPSA) is 78.9 Å². The molecule has 77 heavy (non-hydrogen) atoms.